The number of carbonyl (C=O) groups excluding carboxylic acids is 1. The Labute approximate surface area is 107 Å². The van der Waals surface area contributed by atoms with E-state index in [0.717, 1.165) is 6.42 Å². The molecule has 18 heavy (non-hydrogen) atoms. The topological polar surface area (TPSA) is 76.1 Å². The largest absolute Gasteiger partial charge is 0.481 e. The Morgan fingerprint density at radius 3 is 2.33 bits per heavy atom. The number of ether oxygens (including phenoxy) is 2. The predicted molar refractivity (Wildman–Crippen MR) is 64.2 cm³/mol. The fourth-order valence-corrected chi connectivity index (χ4v) is 1.91. The van der Waals surface area contributed by atoms with Crippen LogP contribution in [0.5, 0.6) is 0 Å². The number of nitrogens with zero attached hydrogens (tertiary/aromatic N) is 1. The Hall–Kier alpha value is -1.14. The van der Waals surface area contributed by atoms with E-state index in [2.05, 4.69) is 0 Å². The molecule has 1 fully saturated rings. The molecule has 1 rings (SSSR count). The number of hydrogen-bond donors (Lipinski definition) is 1. The number of methoxy groups -OCH3 is 2. The van der Waals surface area contributed by atoms with E-state index in [-0.39, 0.29) is 11.8 Å². The van der Waals surface area contributed by atoms with Gasteiger partial charge in [-0.25, -0.2) is 0 Å². The van der Waals surface area contributed by atoms with Gasteiger partial charge in [0.1, 0.15) is 0 Å². The molecule has 1 aliphatic rings. The van der Waals surface area contributed by atoms with Gasteiger partial charge in [0.15, 0.2) is 0 Å². The van der Waals surface area contributed by atoms with Crippen LogP contribution in [0.15, 0.2) is 0 Å². The average molecular weight is 259 g/mol. The lowest BCUT2D eigenvalue weighted by Gasteiger charge is -2.22. The van der Waals surface area contributed by atoms with E-state index in [1.54, 1.807) is 19.1 Å². The molecule has 0 aromatic rings. The Balaban J connectivity index is 2.43. The van der Waals surface area contributed by atoms with Gasteiger partial charge in [0.25, 0.3) is 0 Å². The number of amides is 1. The Kier molecular flexibility index (Phi) is 6.07. The van der Waals surface area contributed by atoms with Crippen molar-refractivity contribution in [3.8, 4) is 0 Å². The first-order chi connectivity index (χ1) is 8.61. The van der Waals surface area contributed by atoms with Crippen LogP contribution in [0.4, 0.5) is 0 Å². The van der Waals surface area contributed by atoms with Gasteiger partial charge in [0.2, 0.25) is 5.91 Å². The number of carboxylic acids is 1. The summed E-state index contributed by atoms with van der Waals surface area (Å²) in [4.78, 5) is 24.5. The molecule has 1 N–H and O–H groups in total. The maximum absolute atomic E-state index is 12.1. The van der Waals surface area contributed by atoms with Gasteiger partial charge in [-0.1, -0.05) is 0 Å². The molecule has 0 saturated heterocycles. The summed E-state index contributed by atoms with van der Waals surface area (Å²) >= 11 is 0. The molecule has 1 aliphatic carbocycles. The molecule has 0 aromatic heterocycles. The van der Waals surface area contributed by atoms with E-state index in [1.807, 2.05) is 0 Å². The molecule has 0 aliphatic heterocycles. The van der Waals surface area contributed by atoms with Crippen LogP contribution in [-0.4, -0.2) is 62.4 Å². The van der Waals surface area contributed by atoms with Gasteiger partial charge in [-0.3, -0.25) is 9.59 Å². The first-order valence-electron chi connectivity index (χ1n) is 6.11. The van der Waals surface area contributed by atoms with Crippen molar-refractivity contribution in [3.05, 3.63) is 0 Å². The van der Waals surface area contributed by atoms with Crippen LogP contribution in [0.2, 0.25) is 0 Å². The highest BCUT2D eigenvalue weighted by atomic mass is 16.5. The molecule has 0 unspecified atom stereocenters. The van der Waals surface area contributed by atoms with E-state index >= 15 is 0 Å². The minimum atomic E-state index is -0.878. The zero-order valence-electron chi connectivity index (χ0n) is 10.9. The zero-order valence-corrected chi connectivity index (χ0v) is 10.9. The Bertz CT molecular complexity index is 294. The molecule has 0 bridgehead atoms. The lowest BCUT2D eigenvalue weighted by Crippen LogP contribution is -2.37. The number of rotatable bonds is 9. The van der Waals surface area contributed by atoms with Crippen molar-refractivity contribution < 1.29 is 24.2 Å². The summed E-state index contributed by atoms with van der Waals surface area (Å²) in [6.45, 7) is 2.13. The van der Waals surface area contributed by atoms with Crippen molar-refractivity contribution in [2.24, 2.45) is 11.8 Å². The van der Waals surface area contributed by atoms with Crippen molar-refractivity contribution in [3.63, 3.8) is 0 Å². The second-order valence-corrected chi connectivity index (χ2v) is 4.45. The summed E-state index contributed by atoms with van der Waals surface area (Å²) in [6.07, 6.45) is 1.21. The van der Waals surface area contributed by atoms with Crippen LogP contribution >= 0.6 is 0 Å². The van der Waals surface area contributed by atoms with Gasteiger partial charge >= 0.3 is 5.97 Å². The van der Waals surface area contributed by atoms with Crippen molar-refractivity contribution in [2.75, 3.05) is 40.5 Å². The van der Waals surface area contributed by atoms with E-state index < -0.39 is 11.9 Å². The predicted octanol–water partition coefficient (Wildman–Crippen LogP) is 0.219. The molecule has 104 valence electrons. The normalized spacial score (nSPS) is 21.7. The Morgan fingerprint density at radius 1 is 1.17 bits per heavy atom. The van der Waals surface area contributed by atoms with E-state index in [4.69, 9.17) is 14.6 Å². The van der Waals surface area contributed by atoms with E-state index in [9.17, 15) is 9.59 Å². The summed E-state index contributed by atoms with van der Waals surface area (Å²) in [5.74, 6) is -1.79. The van der Waals surface area contributed by atoms with Gasteiger partial charge in [-0.05, 0) is 12.8 Å². The monoisotopic (exact) mass is 259 g/mol. The Morgan fingerprint density at radius 2 is 1.83 bits per heavy atom. The molecule has 1 saturated carbocycles. The van der Waals surface area contributed by atoms with Crippen molar-refractivity contribution in [1.82, 2.24) is 4.90 Å². The fourth-order valence-electron chi connectivity index (χ4n) is 1.91. The SMILES string of the molecule is COCCCN(CCOC)C(=O)[C@@H]1C[C@@H]1C(=O)O. The lowest BCUT2D eigenvalue weighted by atomic mass is 10.2. The second-order valence-electron chi connectivity index (χ2n) is 4.45. The number of hydrogen-bond acceptors (Lipinski definition) is 4. The van der Waals surface area contributed by atoms with Crippen molar-refractivity contribution >= 4 is 11.9 Å². The van der Waals surface area contributed by atoms with E-state index in [1.165, 1.54) is 0 Å². The standard InChI is InChI=1S/C12H21NO5/c1-17-6-3-4-13(5-7-18-2)11(14)9-8-10(9)12(15)16/h9-10H,3-8H2,1-2H3,(H,15,16)/t9-,10+/m1/s1. The fraction of sp³-hybridized carbons (Fsp3) is 0.833. The lowest BCUT2D eigenvalue weighted by molar-refractivity contribution is -0.142. The highest BCUT2D eigenvalue weighted by Gasteiger charge is 2.49. The highest BCUT2D eigenvalue weighted by Crippen LogP contribution is 2.40. The van der Waals surface area contributed by atoms with Gasteiger partial charge in [0.05, 0.1) is 18.4 Å². The second kappa shape index (κ2) is 7.33. The molecular formula is C12H21NO5. The van der Waals surface area contributed by atoms with Gasteiger partial charge in [-0.2, -0.15) is 0 Å². The van der Waals surface area contributed by atoms with Crippen LogP contribution in [-0.2, 0) is 19.1 Å². The summed E-state index contributed by atoms with van der Waals surface area (Å²) in [5, 5.41) is 8.83. The molecule has 0 heterocycles. The maximum Gasteiger partial charge on any atom is 0.307 e. The third-order valence-electron chi connectivity index (χ3n) is 3.08. The summed E-state index contributed by atoms with van der Waals surface area (Å²) in [7, 11) is 3.19. The molecular weight excluding hydrogens is 238 g/mol. The summed E-state index contributed by atoms with van der Waals surface area (Å²) < 4.78 is 9.91. The smallest absolute Gasteiger partial charge is 0.307 e. The minimum absolute atomic E-state index is 0.0736. The summed E-state index contributed by atoms with van der Waals surface area (Å²) in [5.41, 5.74) is 0. The van der Waals surface area contributed by atoms with Crippen LogP contribution in [0, 0.1) is 11.8 Å². The number of carbonyl (C=O) groups is 2. The summed E-state index contributed by atoms with van der Waals surface area (Å²) in [6, 6.07) is 0. The quantitative estimate of drug-likeness (QED) is 0.599. The highest BCUT2D eigenvalue weighted by molar-refractivity contribution is 5.89. The van der Waals surface area contributed by atoms with Crippen LogP contribution in [0.25, 0.3) is 0 Å². The molecule has 0 radical (unpaired) electrons. The molecule has 6 nitrogen and oxygen atoms in total. The third kappa shape index (κ3) is 4.27. The van der Waals surface area contributed by atoms with Gasteiger partial charge < -0.3 is 19.5 Å². The number of aliphatic carboxylic acids is 1. The molecule has 6 heteroatoms. The third-order valence-corrected chi connectivity index (χ3v) is 3.08. The van der Waals surface area contributed by atoms with E-state index in [0.29, 0.717) is 32.7 Å². The van der Waals surface area contributed by atoms with Crippen LogP contribution in [0.1, 0.15) is 12.8 Å². The average Bonchev–Trinajstić information content (AvgIpc) is 3.13. The van der Waals surface area contributed by atoms with Crippen LogP contribution in [0.3, 0.4) is 0 Å². The molecule has 2 atom stereocenters. The zero-order chi connectivity index (χ0) is 13.5. The first-order valence-corrected chi connectivity index (χ1v) is 6.11. The molecule has 1 amide bonds. The number of carboxylic acid groups (broad SMARTS) is 1. The van der Waals surface area contributed by atoms with Crippen molar-refractivity contribution in [2.45, 2.75) is 12.8 Å². The van der Waals surface area contributed by atoms with Gasteiger partial charge in [0, 0.05) is 33.9 Å². The minimum Gasteiger partial charge on any atom is -0.481 e. The molecule has 0 spiro atoms. The van der Waals surface area contributed by atoms with Crippen molar-refractivity contribution in [1.29, 1.82) is 0 Å². The van der Waals surface area contributed by atoms with Crippen LogP contribution < -0.4 is 0 Å². The first kappa shape index (κ1) is 14.9. The van der Waals surface area contributed by atoms with Gasteiger partial charge in [-0.15, -0.1) is 0 Å². The molecule has 0 aromatic carbocycles. The maximum atomic E-state index is 12.1.